The first-order valence-electron chi connectivity index (χ1n) is 14.5. The lowest BCUT2D eigenvalue weighted by atomic mass is 10.0. The van der Waals surface area contributed by atoms with Crippen LogP contribution in [0.25, 0.3) is 0 Å². The summed E-state index contributed by atoms with van der Waals surface area (Å²) in [7, 11) is 0. The largest absolute Gasteiger partial charge is 0.205 e. The molecule has 0 unspecified atom stereocenters. The highest BCUT2D eigenvalue weighted by Gasteiger charge is 2.05. The molecule has 186 valence electrons. The van der Waals surface area contributed by atoms with Crippen LogP contribution in [0, 0.1) is 0 Å². The Morgan fingerprint density at radius 1 is 0.441 bits per heavy atom. The summed E-state index contributed by atoms with van der Waals surface area (Å²) in [5, 5.41) is 0. The molecule has 0 radical (unpaired) electrons. The fraction of sp³-hybridized carbons (Fsp3) is 0.625. The lowest BCUT2D eigenvalue weighted by Gasteiger charge is -2.04. The minimum absolute atomic E-state index is 1.16. The number of fused-ring (bicyclic) bond motifs is 4. The van der Waals surface area contributed by atoms with Gasteiger partial charge in [0, 0.05) is 36.1 Å². The molecule has 4 bridgehead atoms. The van der Waals surface area contributed by atoms with Gasteiger partial charge in [-0.05, 0) is 63.5 Å². The summed E-state index contributed by atoms with van der Waals surface area (Å²) < 4.78 is 4.82. The van der Waals surface area contributed by atoms with E-state index < -0.39 is 0 Å². The van der Waals surface area contributed by atoms with E-state index in [1.807, 2.05) is 0 Å². The zero-order chi connectivity index (χ0) is 23.5. The van der Waals surface area contributed by atoms with Crippen molar-refractivity contribution in [3.05, 3.63) is 72.3 Å². The van der Waals surface area contributed by atoms with Gasteiger partial charge in [-0.25, -0.2) is 9.13 Å². The lowest BCUT2D eigenvalue weighted by molar-refractivity contribution is -0.697. The van der Waals surface area contributed by atoms with Crippen LogP contribution in [0.2, 0.25) is 0 Å². The Balaban J connectivity index is 1.41. The van der Waals surface area contributed by atoms with Crippen LogP contribution >= 0.6 is 0 Å². The maximum absolute atomic E-state index is 2.42. The third-order valence-corrected chi connectivity index (χ3v) is 7.27. The van der Waals surface area contributed by atoms with E-state index in [0.717, 1.165) is 6.42 Å². The van der Waals surface area contributed by atoms with Crippen molar-refractivity contribution in [1.82, 2.24) is 0 Å². The van der Waals surface area contributed by atoms with Gasteiger partial charge >= 0.3 is 0 Å². The first-order valence-corrected chi connectivity index (χ1v) is 14.5. The van der Waals surface area contributed by atoms with Gasteiger partial charge in [0.2, 0.25) is 0 Å². The average Bonchev–Trinajstić information content (AvgIpc) is 2.86. The Bertz CT molecular complexity index is 810. The van der Waals surface area contributed by atoms with Crippen molar-refractivity contribution in [1.29, 1.82) is 0 Å². The van der Waals surface area contributed by atoms with Crippen LogP contribution in [0.4, 0.5) is 0 Å². The van der Waals surface area contributed by atoms with Gasteiger partial charge in [-0.2, -0.15) is 0 Å². The molecule has 34 heavy (non-hydrogen) atoms. The monoisotopic (exact) mass is 462 g/mol. The maximum Gasteiger partial charge on any atom is 0.171 e. The molecule has 3 heterocycles. The van der Waals surface area contributed by atoms with Crippen molar-refractivity contribution in [2.24, 2.45) is 0 Å². The van der Waals surface area contributed by atoms with E-state index in [1.54, 1.807) is 0 Å². The van der Waals surface area contributed by atoms with Crippen molar-refractivity contribution in [3.63, 3.8) is 0 Å². The summed E-state index contributed by atoms with van der Waals surface area (Å²) in [5.74, 6) is 0. The second-order valence-electron chi connectivity index (χ2n) is 10.4. The molecule has 0 saturated carbocycles. The maximum atomic E-state index is 2.42. The Kier molecular flexibility index (Phi) is 13.7. The fourth-order valence-electron chi connectivity index (χ4n) is 5.16. The molecule has 0 amide bonds. The molecule has 0 aliphatic carbocycles. The molecular formula is C32H50N2+2. The quantitative estimate of drug-likeness (QED) is 0.278. The first kappa shape index (κ1) is 26.6. The Labute approximate surface area is 210 Å². The van der Waals surface area contributed by atoms with Crippen LogP contribution in [0.1, 0.15) is 114 Å². The van der Waals surface area contributed by atoms with E-state index >= 15 is 0 Å². The predicted molar refractivity (Wildman–Crippen MR) is 144 cm³/mol. The number of hydrogen-bond donors (Lipinski definition) is 0. The summed E-state index contributed by atoms with van der Waals surface area (Å²) in [6.45, 7) is 2.35. The SMILES string of the molecule is C1=C\CCc2ccc[n+](c2)CCCCCCCCCCc2ccc[n+](c2)CCCCCCCC/1. The molecule has 3 rings (SSSR count). The molecule has 0 aromatic carbocycles. The zero-order valence-electron chi connectivity index (χ0n) is 21.8. The third-order valence-electron chi connectivity index (χ3n) is 7.27. The summed E-state index contributed by atoms with van der Waals surface area (Å²) >= 11 is 0. The van der Waals surface area contributed by atoms with Gasteiger partial charge in [-0.3, -0.25) is 0 Å². The minimum atomic E-state index is 1.16. The normalized spacial score (nSPS) is 20.0. The number of hydrogen-bond acceptors (Lipinski definition) is 0. The van der Waals surface area contributed by atoms with E-state index in [2.05, 4.69) is 70.3 Å². The van der Waals surface area contributed by atoms with Crippen LogP contribution in [0.5, 0.6) is 0 Å². The molecule has 2 aromatic rings. The summed E-state index contributed by atoms with van der Waals surface area (Å²) in [5.41, 5.74) is 3.00. The predicted octanol–water partition coefficient (Wildman–Crippen LogP) is 7.86. The van der Waals surface area contributed by atoms with E-state index in [0.29, 0.717) is 0 Å². The standard InChI is InChI=1S/C32H50N2/c1-2-5-9-13-17-25-33-27-20-24-32(30-33)22-16-12-8-4-6-10-14-18-26-34-28-19-23-31(29-34)21-15-11-7-3-1/h7,11,19-20,23-24,27-30H,1-6,8-10,12-18,21-22,25-26H2/q+2/b11-7-. The van der Waals surface area contributed by atoms with E-state index in [-0.39, 0.29) is 0 Å². The Morgan fingerprint density at radius 2 is 0.912 bits per heavy atom. The molecule has 0 atom stereocenters. The number of allylic oxidation sites excluding steroid dienone is 2. The highest BCUT2D eigenvalue weighted by atomic mass is 14.9. The smallest absolute Gasteiger partial charge is 0.171 e. The molecule has 2 nitrogen and oxygen atoms in total. The number of pyridine rings is 2. The van der Waals surface area contributed by atoms with Crippen molar-refractivity contribution < 1.29 is 9.13 Å². The van der Waals surface area contributed by atoms with E-state index in [9.17, 15) is 0 Å². The van der Waals surface area contributed by atoms with Crippen LogP contribution < -0.4 is 9.13 Å². The molecule has 0 fully saturated rings. The van der Waals surface area contributed by atoms with Crippen molar-refractivity contribution >= 4 is 0 Å². The topological polar surface area (TPSA) is 7.76 Å². The molecule has 0 N–H and O–H groups in total. The molecular weight excluding hydrogens is 412 g/mol. The number of aromatic nitrogens is 2. The van der Waals surface area contributed by atoms with E-state index in [4.69, 9.17) is 0 Å². The van der Waals surface area contributed by atoms with Gasteiger partial charge in [-0.15, -0.1) is 0 Å². The molecule has 1 aliphatic rings. The Hall–Kier alpha value is -1.96. The zero-order valence-corrected chi connectivity index (χ0v) is 21.8. The van der Waals surface area contributed by atoms with Gasteiger partial charge in [0.05, 0.1) is 0 Å². The van der Waals surface area contributed by atoms with Crippen molar-refractivity contribution in [2.45, 2.75) is 129 Å². The Morgan fingerprint density at radius 3 is 1.53 bits per heavy atom. The molecule has 0 spiro atoms. The third kappa shape index (κ3) is 12.0. The molecule has 2 aromatic heterocycles. The lowest BCUT2D eigenvalue weighted by Crippen LogP contribution is -2.33. The average molecular weight is 463 g/mol. The summed E-state index contributed by atoms with van der Waals surface area (Å²) in [4.78, 5) is 0. The van der Waals surface area contributed by atoms with Crippen LogP contribution in [0.3, 0.4) is 0 Å². The van der Waals surface area contributed by atoms with Crippen molar-refractivity contribution in [3.8, 4) is 0 Å². The van der Waals surface area contributed by atoms with Gasteiger partial charge in [0.25, 0.3) is 0 Å². The summed E-state index contributed by atoms with van der Waals surface area (Å²) in [6, 6.07) is 9.08. The number of nitrogens with zero attached hydrogens (tertiary/aromatic N) is 2. The molecule has 0 saturated heterocycles. The molecule has 2 heteroatoms. The highest BCUT2D eigenvalue weighted by molar-refractivity contribution is 5.06. The fourth-order valence-corrected chi connectivity index (χ4v) is 5.16. The second-order valence-corrected chi connectivity index (χ2v) is 10.4. The first-order chi connectivity index (χ1) is 16.9. The van der Waals surface area contributed by atoms with Crippen LogP contribution in [-0.4, -0.2) is 0 Å². The van der Waals surface area contributed by atoms with Crippen molar-refractivity contribution in [2.75, 3.05) is 0 Å². The van der Waals surface area contributed by atoms with Gasteiger partial charge in [-0.1, -0.05) is 63.5 Å². The van der Waals surface area contributed by atoms with Crippen LogP contribution in [-0.2, 0) is 25.9 Å². The van der Waals surface area contributed by atoms with Crippen LogP contribution in [0.15, 0.2) is 61.2 Å². The van der Waals surface area contributed by atoms with E-state index in [1.165, 1.54) is 133 Å². The molecule has 1 aliphatic heterocycles. The number of rotatable bonds is 0. The second kappa shape index (κ2) is 17.5. The van der Waals surface area contributed by atoms with Gasteiger partial charge in [0.1, 0.15) is 13.1 Å². The highest BCUT2D eigenvalue weighted by Crippen LogP contribution is 2.12. The van der Waals surface area contributed by atoms with Gasteiger partial charge < -0.3 is 0 Å². The minimum Gasteiger partial charge on any atom is -0.205 e. The number of aryl methyl sites for hydroxylation is 4. The van der Waals surface area contributed by atoms with Gasteiger partial charge in [0.15, 0.2) is 24.8 Å². The summed E-state index contributed by atoms with van der Waals surface area (Å²) in [6.07, 6.45) is 38.1.